The lowest BCUT2D eigenvalue weighted by Crippen LogP contribution is -2.49. The predicted molar refractivity (Wildman–Crippen MR) is 158 cm³/mol. The number of Topliss-reactive ketones (excluding diaryl/α,β-unsaturated/α-hetero) is 1. The van der Waals surface area contributed by atoms with E-state index in [9.17, 15) is 9.90 Å². The summed E-state index contributed by atoms with van der Waals surface area (Å²) in [5.74, 6) is 1.07. The fourth-order valence-electron chi connectivity index (χ4n) is 4.96. The van der Waals surface area contributed by atoms with Crippen molar-refractivity contribution in [1.82, 2.24) is 4.90 Å². The highest BCUT2D eigenvalue weighted by Gasteiger charge is 2.21. The van der Waals surface area contributed by atoms with Crippen molar-refractivity contribution in [3.8, 4) is 11.5 Å². The van der Waals surface area contributed by atoms with E-state index in [1.165, 1.54) is 11.3 Å². The van der Waals surface area contributed by atoms with Gasteiger partial charge in [-0.2, -0.15) is 0 Å². The molecule has 1 fully saturated rings. The van der Waals surface area contributed by atoms with E-state index in [1.807, 2.05) is 14.1 Å². The zero-order valence-corrected chi connectivity index (χ0v) is 23.6. The molecule has 0 radical (unpaired) electrons. The second kappa shape index (κ2) is 13.5. The molecule has 3 aromatic rings. The predicted octanol–water partition coefficient (Wildman–Crippen LogP) is 4.45. The van der Waals surface area contributed by atoms with E-state index in [1.54, 1.807) is 25.3 Å². The lowest BCUT2D eigenvalue weighted by molar-refractivity contribution is 0.0654. The Balaban J connectivity index is 1.30. The van der Waals surface area contributed by atoms with Crippen LogP contribution in [-0.4, -0.2) is 82.4 Å². The van der Waals surface area contributed by atoms with E-state index in [0.29, 0.717) is 36.4 Å². The lowest BCUT2D eigenvalue weighted by Gasteiger charge is -2.37. The maximum Gasteiger partial charge on any atom is 0.166 e. The highest BCUT2D eigenvalue weighted by Crippen LogP contribution is 2.27. The summed E-state index contributed by atoms with van der Waals surface area (Å²) in [7, 11) is 5.60. The number of aryl methyl sites for hydroxylation is 2. The minimum Gasteiger partial charge on any atom is -0.497 e. The fourth-order valence-corrected chi connectivity index (χ4v) is 4.96. The molecule has 0 aromatic heterocycles. The van der Waals surface area contributed by atoms with Crippen molar-refractivity contribution in [2.75, 3.05) is 70.3 Å². The molecule has 1 aliphatic heterocycles. The number of nitrogens with zero attached hydrogens (tertiary/aromatic N) is 3. The summed E-state index contributed by atoms with van der Waals surface area (Å²) in [5, 5.41) is 10.8. The molecule has 0 spiro atoms. The van der Waals surface area contributed by atoms with Crippen molar-refractivity contribution in [2.24, 2.45) is 0 Å². The van der Waals surface area contributed by atoms with Gasteiger partial charge >= 0.3 is 0 Å². The lowest BCUT2D eigenvalue weighted by atomic mass is 10.0. The van der Waals surface area contributed by atoms with Gasteiger partial charge < -0.3 is 24.4 Å². The number of carbonyl (C=O) groups is 1. The highest BCUT2D eigenvalue weighted by atomic mass is 16.5. The zero-order chi connectivity index (χ0) is 27.8. The quantitative estimate of drug-likeness (QED) is 0.347. The number of rotatable bonds is 12. The largest absolute Gasteiger partial charge is 0.497 e. The molecule has 3 aromatic carbocycles. The number of ether oxygens (including phenoxy) is 2. The number of hydrogen-bond acceptors (Lipinski definition) is 7. The Morgan fingerprint density at radius 3 is 2.38 bits per heavy atom. The number of hydrogen-bond donors (Lipinski definition) is 1. The molecule has 0 saturated carbocycles. The Morgan fingerprint density at radius 1 is 1.00 bits per heavy atom. The number of anilines is 2. The molecule has 0 aliphatic carbocycles. The number of aliphatic hydroxyl groups is 1. The van der Waals surface area contributed by atoms with Gasteiger partial charge in [0.15, 0.2) is 5.78 Å². The van der Waals surface area contributed by atoms with Crippen LogP contribution < -0.4 is 19.3 Å². The van der Waals surface area contributed by atoms with Crippen LogP contribution in [0.4, 0.5) is 11.4 Å². The minimum atomic E-state index is -0.667. The molecule has 1 saturated heterocycles. The third-order valence-electron chi connectivity index (χ3n) is 7.31. The number of benzene rings is 3. The van der Waals surface area contributed by atoms with Gasteiger partial charge in [-0.05, 0) is 54.8 Å². The van der Waals surface area contributed by atoms with Crippen LogP contribution in [0.1, 0.15) is 27.9 Å². The molecular formula is C32H41N3O4. The fraction of sp³-hybridized carbons (Fsp3) is 0.406. The molecule has 0 amide bonds. The minimum absolute atomic E-state index is 0.00570. The van der Waals surface area contributed by atoms with Crippen LogP contribution in [0.25, 0.3) is 0 Å². The second-order valence-corrected chi connectivity index (χ2v) is 10.4. The number of aliphatic hydroxyl groups excluding tert-OH is 1. The summed E-state index contributed by atoms with van der Waals surface area (Å²) in [6.45, 7) is 6.38. The standard InChI is InChI=1S/C32H41N3O4/c1-24-7-5-6-8-30(24)35-19-17-34(18-20-35)22-27(36)23-39-32-21-28(38-4)14-15-29(32)31(37)16-11-25-9-12-26(13-10-25)33(2)3/h5-10,12-15,21,27,36H,11,16-20,22-23H2,1-4H3/t27-/m1/s1. The van der Waals surface area contributed by atoms with Gasteiger partial charge in [-0.3, -0.25) is 9.69 Å². The number of ketones is 1. The van der Waals surface area contributed by atoms with Gasteiger partial charge in [0.2, 0.25) is 0 Å². The normalized spacial score (nSPS) is 14.6. The Hall–Kier alpha value is -3.55. The first kappa shape index (κ1) is 28.5. The van der Waals surface area contributed by atoms with Gasteiger partial charge in [0, 0.05) is 70.7 Å². The van der Waals surface area contributed by atoms with Crippen LogP contribution in [0, 0.1) is 6.92 Å². The van der Waals surface area contributed by atoms with Crippen LogP contribution in [0.3, 0.4) is 0 Å². The van der Waals surface area contributed by atoms with Crippen molar-refractivity contribution >= 4 is 17.2 Å². The van der Waals surface area contributed by atoms with Gasteiger partial charge in [0.25, 0.3) is 0 Å². The zero-order valence-electron chi connectivity index (χ0n) is 23.6. The molecular weight excluding hydrogens is 490 g/mol. The second-order valence-electron chi connectivity index (χ2n) is 10.4. The van der Waals surface area contributed by atoms with E-state index in [0.717, 1.165) is 37.4 Å². The van der Waals surface area contributed by atoms with Crippen molar-refractivity contribution in [2.45, 2.75) is 25.9 Å². The molecule has 1 atom stereocenters. The van der Waals surface area contributed by atoms with Crippen molar-refractivity contribution in [3.05, 3.63) is 83.4 Å². The first-order valence-corrected chi connectivity index (χ1v) is 13.7. The monoisotopic (exact) mass is 531 g/mol. The Labute approximate surface area is 232 Å². The summed E-state index contributed by atoms with van der Waals surface area (Å²) >= 11 is 0. The molecule has 1 N–H and O–H groups in total. The highest BCUT2D eigenvalue weighted by molar-refractivity contribution is 5.99. The summed E-state index contributed by atoms with van der Waals surface area (Å²) in [5.41, 5.74) is 5.32. The van der Waals surface area contributed by atoms with Crippen LogP contribution in [0.15, 0.2) is 66.7 Å². The molecule has 208 valence electrons. The smallest absolute Gasteiger partial charge is 0.166 e. The Kier molecular flexibility index (Phi) is 9.85. The molecule has 1 aliphatic rings. The van der Waals surface area contributed by atoms with Gasteiger partial charge in [-0.25, -0.2) is 0 Å². The first-order valence-electron chi connectivity index (χ1n) is 13.7. The summed E-state index contributed by atoms with van der Waals surface area (Å²) in [6, 6.07) is 22.0. The van der Waals surface area contributed by atoms with E-state index in [2.05, 4.69) is 70.2 Å². The number of methoxy groups -OCH3 is 1. The van der Waals surface area contributed by atoms with Gasteiger partial charge in [0.1, 0.15) is 24.2 Å². The Morgan fingerprint density at radius 2 is 1.72 bits per heavy atom. The number of carbonyl (C=O) groups excluding carboxylic acids is 1. The van der Waals surface area contributed by atoms with E-state index < -0.39 is 6.10 Å². The van der Waals surface area contributed by atoms with E-state index in [4.69, 9.17) is 9.47 Å². The third-order valence-corrected chi connectivity index (χ3v) is 7.31. The molecule has 7 heteroatoms. The molecule has 4 rings (SSSR count). The summed E-state index contributed by atoms with van der Waals surface area (Å²) < 4.78 is 11.4. The van der Waals surface area contributed by atoms with Crippen LogP contribution in [-0.2, 0) is 6.42 Å². The third kappa shape index (κ3) is 7.74. The van der Waals surface area contributed by atoms with Crippen molar-refractivity contribution < 1.29 is 19.4 Å². The molecule has 39 heavy (non-hydrogen) atoms. The van der Waals surface area contributed by atoms with E-state index in [-0.39, 0.29) is 12.4 Å². The topological polar surface area (TPSA) is 65.5 Å². The summed E-state index contributed by atoms with van der Waals surface area (Å²) in [4.78, 5) is 19.9. The number of piperazine rings is 1. The maximum absolute atomic E-state index is 13.1. The first-order chi connectivity index (χ1) is 18.8. The van der Waals surface area contributed by atoms with E-state index >= 15 is 0 Å². The van der Waals surface area contributed by atoms with Crippen molar-refractivity contribution in [1.29, 1.82) is 0 Å². The molecule has 0 bridgehead atoms. The SMILES string of the molecule is COc1ccc(C(=O)CCc2ccc(N(C)C)cc2)c(OC[C@H](O)CN2CCN(c3ccccc3C)CC2)c1. The van der Waals surface area contributed by atoms with Gasteiger partial charge in [-0.15, -0.1) is 0 Å². The van der Waals surface area contributed by atoms with Crippen molar-refractivity contribution in [3.63, 3.8) is 0 Å². The molecule has 7 nitrogen and oxygen atoms in total. The van der Waals surface area contributed by atoms with Gasteiger partial charge in [0.05, 0.1) is 12.7 Å². The number of β-amino-alcohol motifs (C(OH)–C–C–N with tert-alkyl or cyclic N) is 1. The van der Waals surface area contributed by atoms with Crippen LogP contribution in [0.5, 0.6) is 11.5 Å². The maximum atomic E-state index is 13.1. The van der Waals surface area contributed by atoms with Crippen LogP contribution in [0.2, 0.25) is 0 Å². The van der Waals surface area contributed by atoms with Crippen LogP contribution >= 0.6 is 0 Å². The summed E-state index contributed by atoms with van der Waals surface area (Å²) in [6.07, 6.45) is 0.353. The average molecular weight is 532 g/mol. The molecule has 0 unspecified atom stereocenters. The van der Waals surface area contributed by atoms with Gasteiger partial charge in [-0.1, -0.05) is 30.3 Å². The molecule has 1 heterocycles. The number of para-hydroxylation sites is 1. The average Bonchev–Trinajstić information content (AvgIpc) is 2.95. The Bertz CT molecular complexity index is 1220.